The Bertz CT molecular complexity index is 870. The van der Waals surface area contributed by atoms with E-state index in [0.29, 0.717) is 19.8 Å². The molecule has 0 aromatic heterocycles. The van der Waals surface area contributed by atoms with E-state index in [9.17, 15) is 8.78 Å². The summed E-state index contributed by atoms with van der Waals surface area (Å²) in [5.74, 6) is 0.215. The zero-order chi connectivity index (χ0) is 21.4. The Balaban J connectivity index is 1.74. The van der Waals surface area contributed by atoms with Gasteiger partial charge in [0.25, 0.3) is 0 Å². The quantitative estimate of drug-likeness (QED) is 0.296. The molecule has 0 aliphatic rings. The molecule has 158 valence electrons. The van der Waals surface area contributed by atoms with Gasteiger partial charge in [-0.25, -0.2) is 0 Å². The van der Waals surface area contributed by atoms with E-state index in [1.807, 2.05) is 31.2 Å². The molecule has 0 heterocycles. The van der Waals surface area contributed by atoms with Crippen molar-refractivity contribution >= 4 is 31.1 Å². The zero-order valence-corrected chi connectivity index (χ0v) is 19.8. The van der Waals surface area contributed by atoms with E-state index in [4.69, 9.17) is 19.5 Å². The normalized spacial score (nSPS) is 11.5. The first kappa shape index (κ1) is 22.8. The molecular weight excluding hydrogens is 466 g/mol. The Morgan fingerprint density at radius 1 is 0.767 bits per heavy atom. The Morgan fingerprint density at radius 3 is 1.80 bits per heavy atom. The molecule has 3 aromatic carbocycles. The van der Waals surface area contributed by atoms with Crippen LogP contribution in [0.1, 0.15) is 12.5 Å². The van der Waals surface area contributed by atoms with Gasteiger partial charge in [0.15, 0.2) is 0 Å². The van der Waals surface area contributed by atoms with Crippen LogP contribution in [0.5, 0.6) is 5.75 Å². The molecule has 6 heteroatoms. The first-order valence-corrected chi connectivity index (χ1v) is 16.4. The van der Waals surface area contributed by atoms with E-state index in [-0.39, 0.29) is 11.6 Å². The maximum absolute atomic E-state index is 13.5. The fraction of sp³-hybridized carbons (Fsp3) is 0.250. The van der Waals surface area contributed by atoms with Gasteiger partial charge in [-0.2, -0.15) is 0 Å². The molecule has 0 saturated heterocycles. The molecule has 0 spiro atoms. The van der Waals surface area contributed by atoms with E-state index in [2.05, 4.69) is 0 Å². The molecule has 0 bridgehead atoms. The Morgan fingerprint density at radius 2 is 1.30 bits per heavy atom. The molecule has 0 fully saturated rings. The van der Waals surface area contributed by atoms with Gasteiger partial charge in [0.2, 0.25) is 0 Å². The van der Waals surface area contributed by atoms with E-state index < -0.39 is 12.3 Å². The molecular formula is C24H25ClF2GeO2. The molecule has 3 aromatic rings. The second-order valence-corrected chi connectivity index (χ2v) is 17.2. The third-order valence-electron chi connectivity index (χ3n) is 4.99. The van der Waals surface area contributed by atoms with Gasteiger partial charge in [-0.05, 0) is 0 Å². The average molecular weight is 492 g/mol. The summed E-state index contributed by atoms with van der Waals surface area (Å²) in [5, 5.41) is 0.753. The van der Waals surface area contributed by atoms with Gasteiger partial charge < -0.3 is 0 Å². The number of rotatable bonds is 10. The molecule has 0 atom stereocenters. The number of benzene rings is 3. The summed E-state index contributed by atoms with van der Waals surface area (Å²) in [5.41, 5.74) is 1.15. The van der Waals surface area contributed by atoms with Crippen LogP contribution in [-0.2, 0) is 11.2 Å². The summed E-state index contributed by atoms with van der Waals surface area (Å²) < 4.78 is 39.8. The van der Waals surface area contributed by atoms with E-state index in [1.165, 1.54) is 24.3 Å². The van der Waals surface area contributed by atoms with Gasteiger partial charge in [0.1, 0.15) is 0 Å². The van der Waals surface area contributed by atoms with Crippen LogP contribution >= 0.6 is 10.0 Å². The van der Waals surface area contributed by atoms with Gasteiger partial charge in [-0.3, -0.25) is 0 Å². The fourth-order valence-corrected chi connectivity index (χ4v) is 11.3. The number of hydrogen-bond donors (Lipinski definition) is 0. The van der Waals surface area contributed by atoms with Gasteiger partial charge in [0, 0.05) is 0 Å². The molecule has 0 aliphatic heterocycles. The fourth-order valence-electron chi connectivity index (χ4n) is 3.32. The number of ether oxygens (including phenoxy) is 2. The van der Waals surface area contributed by atoms with Crippen molar-refractivity contribution in [1.29, 1.82) is 0 Å². The van der Waals surface area contributed by atoms with E-state index in [0.717, 1.165) is 31.8 Å². The average Bonchev–Trinajstić information content (AvgIpc) is 2.77. The Labute approximate surface area is 183 Å². The second-order valence-electron chi connectivity index (χ2n) is 7.00. The topological polar surface area (TPSA) is 18.5 Å². The summed E-state index contributed by atoms with van der Waals surface area (Å²) in [6, 6.07) is 20.8. The third-order valence-corrected chi connectivity index (χ3v) is 15.4. The number of halogens is 3. The summed E-state index contributed by atoms with van der Waals surface area (Å²) in [7, 11) is 7.28. The number of aryl methyl sites for hydroxylation is 1. The van der Waals surface area contributed by atoms with Crippen molar-refractivity contribution in [3.63, 3.8) is 0 Å². The minimum atomic E-state index is -3.31. The molecule has 0 saturated carbocycles. The Kier molecular flexibility index (Phi) is 8.31. The molecule has 0 aliphatic carbocycles. The van der Waals surface area contributed by atoms with Crippen LogP contribution in [0, 0.1) is 11.6 Å². The van der Waals surface area contributed by atoms with Crippen LogP contribution in [0.3, 0.4) is 0 Å². The van der Waals surface area contributed by atoms with Gasteiger partial charge in [-0.15, -0.1) is 0 Å². The van der Waals surface area contributed by atoms with Crippen LogP contribution in [0.15, 0.2) is 72.8 Å². The SMILES string of the molecule is CCOCCOc1ccc(C[CH2][Ge]([Cl])([c]2ccc(F)cc2)[c]2ccc(F)cc2)cc1. The van der Waals surface area contributed by atoms with Crippen molar-refractivity contribution in [2.75, 3.05) is 19.8 Å². The molecule has 0 N–H and O–H groups in total. The predicted octanol–water partition coefficient (Wildman–Crippen LogP) is 4.92. The van der Waals surface area contributed by atoms with Gasteiger partial charge in [0.05, 0.1) is 0 Å². The monoisotopic (exact) mass is 492 g/mol. The molecule has 30 heavy (non-hydrogen) atoms. The van der Waals surface area contributed by atoms with Crippen LogP contribution < -0.4 is 13.5 Å². The first-order chi connectivity index (χ1) is 14.5. The van der Waals surface area contributed by atoms with Gasteiger partial charge >= 0.3 is 184 Å². The summed E-state index contributed by atoms with van der Waals surface area (Å²) in [6.07, 6.45) is 0.775. The molecule has 0 radical (unpaired) electrons. The summed E-state index contributed by atoms with van der Waals surface area (Å²) in [4.78, 5) is 0. The molecule has 2 nitrogen and oxygen atoms in total. The van der Waals surface area contributed by atoms with Crippen LogP contribution in [0.25, 0.3) is 0 Å². The van der Waals surface area contributed by atoms with E-state index in [1.54, 1.807) is 24.3 Å². The van der Waals surface area contributed by atoms with Crippen LogP contribution in [0.2, 0.25) is 5.25 Å². The van der Waals surface area contributed by atoms with Crippen molar-refractivity contribution in [2.45, 2.75) is 18.6 Å². The van der Waals surface area contributed by atoms with Crippen molar-refractivity contribution in [1.82, 2.24) is 0 Å². The zero-order valence-electron chi connectivity index (χ0n) is 16.9. The standard InChI is InChI=1S/C24H25ClF2GeO2/c1-2-29-17-18-30-24-13-3-19(4-14-24)15-16-28(25,22-9-5-20(26)6-10-22)23-11-7-21(27)8-12-23/h3-14H,2,15-18H2,1H3. The van der Waals surface area contributed by atoms with Crippen molar-refractivity contribution in [2.24, 2.45) is 0 Å². The second kappa shape index (κ2) is 10.9. The minimum absolute atomic E-state index is 0.292. The summed E-state index contributed by atoms with van der Waals surface area (Å²) >= 11 is -3.31. The third kappa shape index (κ3) is 6.06. The van der Waals surface area contributed by atoms with Crippen molar-refractivity contribution < 1.29 is 18.3 Å². The van der Waals surface area contributed by atoms with Gasteiger partial charge in [-0.1, -0.05) is 0 Å². The molecule has 3 rings (SSSR count). The van der Waals surface area contributed by atoms with E-state index >= 15 is 0 Å². The first-order valence-electron chi connectivity index (χ1n) is 10.0. The molecule has 0 unspecified atom stereocenters. The Hall–Kier alpha value is -1.89. The van der Waals surface area contributed by atoms with Crippen LogP contribution in [0.4, 0.5) is 8.78 Å². The number of hydrogen-bond acceptors (Lipinski definition) is 2. The molecule has 0 amide bonds. The summed E-state index contributed by atoms with van der Waals surface area (Å²) in [6.45, 7) is 3.71. The van der Waals surface area contributed by atoms with Crippen molar-refractivity contribution in [3.05, 3.63) is 90.0 Å². The predicted molar refractivity (Wildman–Crippen MR) is 121 cm³/mol. The maximum atomic E-state index is 13.5. The van der Waals surface area contributed by atoms with Crippen molar-refractivity contribution in [3.8, 4) is 5.75 Å². The van der Waals surface area contributed by atoms with Crippen LogP contribution in [-0.4, -0.2) is 32.2 Å².